The number of hydrogen-bond acceptors (Lipinski definition) is 4. The minimum atomic E-state index is -1.31. The molecule has 0 bridgehead atoms. The minimum absolute atomic E-state index is 0. The van der Waals surface area contributed by atoms with E-state index in [1.807, 2.05) is 36.7 Å². The fourth-order valence-electron chi connectivity index (χ4n) is 7.80. The van der Waals surface area contributed by atoms with Gasteiger partial charge in [-0.3, -0.25) is 0 Å². The molecule has 0 fully saturated rings. The quantitative estimate of drug-likeness (QED) is 0.123. The number of para-hydroxylation sites is 1. The standard InChI is InChI=1S/C32H26NO.C20H18NOSi.Ir/c1-20(2)15-22-13-14-33-30(18-22)29-17-21(3)16-28-27-19-24(11-12-31(27)34-32(28)29)26-10-6-8-23-7-4-5-9-25(23)26;1-23(2,3)15-9-10-18(21-13-15)14-8-11-20-17(12-14)16-6-4-5-7-19(16)22-20;/h4-14,16,18-20H,15H2,1-3H3;4-7,9-13H,1-3H3;/q2*-1;. The van der Waals surface area contributed by atoms with Crippen LogP contribution in [0.15, 0.2) is 149 Å². The van der Waals surface area contributed by atoms with Crippen LogP contribution in [-0.4, -0.2) is 18.0 Å². The van der Waals surface area contributed by atoms with Gasteiger partial charge in [-0.1, -0.05) is 147 Å². The number of pyridine rings is 2. The average molecular weight is 949 g/mol. The van der Waals surface area contributed by atoms with Gasteiger partial charge in [0.2, 0.25) is 0 Å². The summed E-state index contributed by atoms with van der Waals surface area (Å²) in [5.74, 6) is 0.593. The molecular weight excluding hydrogens is 905 g/mol. The SMILES string of the molecule is C[Si](C)(C)c1ccc(-c2[c-]cc3oc4ccccc4c3c2)nc1.Cc1[c-]c(-c2cc(CC(C)C)ccn2)c2oc3ccc(-c4cccc5ccccc45)cc3c2c1.[Ir]. The number of aryl methyl sites for hydroxylation is 1. The molecule has 0 aliphatic rings. The van der Waals surface area contributed by atoms with Crippen molar-refractivity contribution < 1.29 is 28.9 Å². The van der Waals surface area contributed by atoms with Crippen LogP contribution in [0.5, 0.6) is 0 Å². The second-order valence-electron chi connectivity index (χ2n) is 16.5. The summed E-state index contributed by atoms with van der Waals surface area (Å²) in [7, 11) is -1.31. The third-order valence-electron chi connectivity index (χ3n) is 10.7. The zero-order valence-corrected chi connectivity index (χ0v) is 37.0. The second kappa shape index (κ2) is 15.9. The van der Waals surface area contributed by atoms with Gasteiger partial charge in [0.25, 0.3) is 0 Å². The van der Waals surface area contributed by atoms with Crippen molar-refractivity contribution in [2.75, 3.05) is 0 Å². The maximum Gasteiger partial charge on any atom is 0.120 e. The van der Waals surface area contributed by atoms with Crippen molar-refractivity contribution >= 4 is 67.9 Å². The Morgan fingerprint density at radius 2 is 1.41 bits per heavy atom. The predicted octanol–water partition coefficient (Wildman–Crippen LogP) is 13.8. The molecule has 0 spiro atoms. The van der Waals surface area contributed by atoms with Crippen molar-refractivity contribution in [2.24, 2.45) is 5.92 Å². The molecule has 58 heavy (non-hydrogen) atoms. The first-order valence-electron chi connectivity index (χ1n) is 19.7. The molecule has 6 heteroatoms. The van der Waals surface area contributed by atoms with Gasteiger partial charge in [-0.25, -0.2) is 0 Å². The molecule has 0 atom stereocenters. The largest absolute Gasteiger partial charge is 0.501 e. The molecule has 0 aliphatic carbocycles. The van der Waals surface area contributed by atoms with Gasteiger partial charge in [-0.15, -0.1) is 41.5 Å². The Kier molecular flexibility index (Phi) is 10.8. The van der Waals surface area contributed by atoms with Crippen LogP contribution < -0.4 is 5.19 Å². The van der Waals surface area contributed by atoms with E-state index in [1.165, 1.54) is 32.6 Å². The van der Waals surface area contributed by atoms with Crippen LogP contribution >= 0.6 is 0 Å². The first-order valence-corrected chi connectivity index (χ1v) is 23.2. The molecule has 10 aromatic rings. The second-order valence-corrected chi connectivity index (χ2v) is 21.5. The fraction of sp³-hybridized carbons (Fsp3) is 0.154. The molecule has 289 valence electrons. The van der Waals surface area contributed by atoms with Crippen molar-refractivity contribution in [3.8, 4) is 33.6 Å². The van der Waals surface area contributed by atoms with Gasteiger partial charge < -0.3 is 18.8 Å². The molecule has 4 aromatic heterocycles. The summed E-state index contributed by atoms with van der Waals surface area (Å²) in [6.45, 7) is 13.6. The molecule has 0 N–H and O–H groups in total. The van der Waals surface area contributed by atoms with Crippen molar-refractivity contribution in [3.63, 3.8) is 0 Å². The van der Waals surface area contributed by atoms with Gasteiger partial charge in [0, 0.05) is 43.3 Å². The number of benzene rings is 6. The molecule has 4 heterocycles. The Hall–Kier alpha value is -5.65. The molecule has 6 aromatic carbocycles. The molecule has 0 unspecified atom stereocenters. The number of nitrogens with zero attached hydrogens (tertiary/aromatic N) is 2. The van der Waals surface area contributed by atoms with E-state index in [0.717, 1.165) is 78.4 Å². The third kappa shape index (κ3) is 7.68. The zero-order chi connectivity index (χ0) is 39.3. The van der Waals surface area contributed by atoms with Crippen molar-refractivity contribution in [1.29, 1.82) is 0 Å². The molecule has 1 radical (unpaired) electrons. The summed E-state index contributed by atoms with van der Waals surface area (Å²) in [4.78, 5) is 9.35. The van der Waals surface area contributed by atoms with Crippen molar-refractivity contribution in [3.05, 3.63) is 163 Å². The van der Waals surface area contributed by atoms with Crippen LogP contribution in [-0.2, 0) is 26.5 Å². The van der Waals surface area contributed by atoms with Gasteiger partial charge in [0.05, 0.1) is 19.2 Å². The number of rotatable bonds is 6. The molecule has 0 saturated heterocycles. The number of aromatic nitrogens is 2. The summed E-state index contributed by atoms with van der Waals surface area (Å²) in [6, 6.07) is 51.3. The molecular formula is C52H44IrN2O2Si-2. The predicted molar refractivity (Wildman–Crippen MR) is 241 cm³/mol. The number of fused-ring (bicyclic) bond motifs is 7. The van der Waals surface area contributed by atoms with E-state index in [0.29, 0.717) is 5.92 Å². The Labute approximate surface area is 354 Å². The summed E-state index contributed by atoms with van der Waals surface area (Å²) < 4.78 is 12.3. The maximum atomic E-state index is 6.42. The minimum Gasteiger partial charge on any atom is -0.501 e. The smallest absolute Gasteiger partial charge is 0.120 e. The van der Waals surface area contributed by atoms with Crippen molar-refractivity contribution in [2.45, 2.75) is 46.8 Å². The first kappa shape index (κ1) is 39.2. The third-order valence-corrected chi connectivity index (χ3v) is 12.7. The Balaban J connectivity index is 0.000000171. The van der Waals surface area contributed by atoms with Crippen LogP contribution in [0, 0.1) is 25.0 Å². The van der Waals surface area contributed by atoms with Gasteiger partial charge in [0.15, 0.2) is 0 Å². The summed E-state index contributed by atoms with van der Waals surface area (Å²) in [6.07, 6.45) is 4.95. The molecule has 0 aliphatic heterocycles. The number of hydrogen-bond donors (Lipinski definition) is 0. The van der Waals surface area contributed by atoms with Crippen LogP contribution in [0.25, 0.3) is 88.3 Å². The summed E-state index contributed by atoms with van der Waals surface area (Å²) >= 11 is 0. The van der Waals surface area contributed by atoms with E-state index >= 15 is 0 Å². The Morgan fingerprint density at radius 1 is 0.655 bits per heavy atom. The maximum absolute atomic E-state index is 6.42. The van der Waals surface area contributed by atoms with E-state index in [9.17, 15) is 0 Å². The normalized spacial score (nSPS) is 11.7. The molecule has 0 amide bonds. The fourth-order valence-corrected chi connectivity index (χ4v) is 8.84. The van der Waals surface area contributed by atoms with Crippen molar-refractivity contribution in [1.82, 2.24) is 9.97 Å². The van der Waals surface area contributed by atoms with Crippen LogP contribution in [0.1, 0.15) is 25.0 Å². The van der Waals surface area contributed by atoms with Gasteiger partial charge in [-0.2, -0.15) is 0 Å². The first-order chi connectivity index (χ1) is 27.6. The van der Waals surface area contributed by atoms with Gasteiger partial charge >= 0.3 is 0 Å². The number of furan rings is 2. The Morgan fingerprint density at radius 3 is 2.21 bits per heavy atom. The topological polar surface area (TPSA) is 52.1 Å². The van der Waals surface area contributed by atoms with E-state index in [2.05, 4.69) is 166 Å². The van der Waals surface area contributed by atoms with E-state index in [4.69, 9.17) is 8.83 Å². The molecule has 4 nitrogen and oxygen atoms in total. The average Bonchev–Trinajstić information content (AvgIpc) is 3.78. The molecule has 10 rings (SSSR count). The van der Waals surface area contributed by atoms with Gasteiger partial charge in [-0.05, 0) is 75.1 Å². The van der Waals surface area contributed by atoms with Crippen LogP contribution in [0.3, 0.4) is 0 Å². The molecule has 0 saturated carbocycles. The zero-order valence-electron chi connectivity index (χ0n) is 33.6. The van der Waals surface area contributed by atoms with E-state index in [1.54, 1.807) is 0 Å². The summed E-state index contributed by atoms with van der Waals surface area (Å²) in [5, 5.41) is 8.36. The van der Waals surface area contributed by atoms with Crippen LogP contribution in [0.2, 0.25) is 19.6 Å². The summed E-state index contributed by atoms with van der Waals surface area (Å²) in [5.41, 5.74) is 12.1. The van der Waals surface area contributed by atoms with E-state index in [-0.39, 0.29) is 20.1 Å². The Bertz CT molecular complexity index is 3080. The monoisotopic (exact) mass is 949 g/mol. The van der Waals surface area contributed by atoms with Crippen LogP contribution in [0.4, 0.5) is 0 Å². The van der Waals surface area contributed by atoms with Gasteiger partial charge in [0.1, 0.15) is 11.2 Å². The van der Waals surface area contributed by atoms with E-state index < -0.39 is 8.07 Å².